The number of aromatic nitrogens is 1. The summed E-state index contributed by atoms with van der Waals surface area (Å²) in [5, 5.41) is 10.1. The van der Waals surface area contributed by atoms with Gasteiger partial charge in [0.25, 0.3) is 0 Å². The lowest BCUT2D eigenvalue weighted by Crippen LogP contribution is -2.44. The molecule has 2 atom stereocenters. The Balaban J connectivity index is 2.09. The van der Waals surface area contributed by atoms with E-state index in [2.05, 4.69) is 27.6 Å². The summed E-state index contributed by atoms with van der Waals surface area (Å²) < 4.78 is 35.2. The van der Waals surface area contributed by atoms with Gasteiger partial charge in [-0.05, 0) is 30.5 Å². The van der Waals surface area contributed by atoms with Crippen molar-refractivity contribution in [1.82, 2.24) is 4.98 Å². The molecule has 0 amide bonds. The van der Waals surface area contributed by atoms with Gasteiger partial charge in [-0.3, -0.25) is 4.98 Å². The normalized spacial score (nSPS) is 20.7. The monoisotopic (exact) mass is 347 g/mol. The molecule has 2 heterocycles. The van der Waals surface area contributed by atoms with Crippen LogP contribution in [0.4, 0.5) is 14.5 Å². The fourth-order valence-electron chi connectivity index (χ4n) is 3.30. The highest BCUT2D eigenvalue weighted by Gasteiger charge is 2.28. The first-order valence-corrected chi connectivity index (χ1v) is 8.09. The van der Waals surface area contributed by atoms with Crippen LogP contribution in [0.2, 0.25) is 0 Å². The molecule has 2 aromatic rings. The standard InChI is InChI=1S/C18H19F2N3O2/c1-11-5-6-23(10-16(11)24-2)17-12(8-21)9-22-15-4-3-13(7-14(15)17)25-18(19)20/h3-4,7,9,11,16,18H,5-6,10H2,1-2H3. The summed E-state index contributed by atoms with van der Waals surface area (Å²) in [6.07, 6.45) is 2.48. The number of halogens is 2. The molecule has 1 aromatic heterocycles. The molecule has 2 unspecified atom stereocenters. The first-order chi connectivity index (χ1) is 12.0. The minimum Gasteiger partial charge on any atom is -0.435 e. The zero-order valence-corrected chi connectivity index (χ0v) is 14.1. The van der Waals surface area contributed by atoms with E-state index in [4.69, 9.17) is 4.74 Å². The smallest absolute Gasteiger partial charge is 0.387 e. The van der Waals surface area contributed by atoms with Gasteiger partial charge in [0.2, 0.25) is 0 Å². The molecule has 1 aliphatic rings. The Morgan fingerprint density at radius 2 is 2.20 bits per heavy atom. The zero-order chi connectivity index (χ0) is 18.0. The van der Waals surface area contributed by atoms with E-state index in [1.165, 1.54) is 18.3 Å². The molecule has 1 aromatic carbocycles. The highest BCUT2D eigenvalue weighted by molar-refractivity contribution is 5.95. The molecular weight excluding hydrogens is 328 g/mol. The predicted octanol–water partition coefficient (Wildman–Crippen LogP) is 3.57. The van der Waals surface area contributed by atoms with Crippen LogP contribution in [0.1, 0.15) is 18.9 Å². The van der Waals surface area contributed by atoms with Crippen LogP contribution in [0.15, 0.2) is 24.4 Å². The highest BCUT2D eigenvalue weighted by Crippen LogP contribution is 2.35. The average molecular weight is 347 g/mol. The van der Waals surface area contributed by atoms with Gasteiger partial charge in [-0.25, -0.2) is 0 Å². The Morgan fingerprint density at radius 3 is 2.88 bits per heavy atom. The van der Waals surface area contributed by atoms with Gasteiger partial charge in [0.15, 0.2) is 0 Å². The van der Waals surface area contributed by atoms with E-state index in [9.17, 15) is 14.0 Å². The second-order valence-corrected chi connectivity index (χ2v) is 6.18. The zero-order valence-electron chi connectivity index (χ0n) is 14.1. The Morgan fingerprint density at radius 1 is 1.40 bits per heavy atom. The second kappa shape index (κ2) is 7.19. The van der Waals surface area contributed by atoms with Gasteiger partial charge in [0.05, 0.1) is 22.9 Å². The number of fused-ring (bicyclic) bond motifs is 1. The number of hydrogen-bond acceptors (Lipinski definition) is 5. The van der Waals surface area contributed by atoms with E-state index in [1.807, 2.05) is 0 Å². The molecule has 0 N–H and O–H groups in total. The van der Waals surface area contributed by atoms with Crippen LogP contribution in [0.3, 0.4) is 0 Å². The number of pyridine rings is 1. The summed E-state index contributed by atoms with van der Waals surface area (Å²) in [5.41, 5.74) is 1.73. The molecule has 5 nitrogen and oxygen atoms in total. The number of benzene rings is 1. The first kappa shape index (κ1) is 17.4. The van der Waals surface area contributed by atoms with Gasteiger partial charge < -0.3 is 14.4 Å². The van der Waals surface area contributed by atoms with E-state index in [0.29, 0.717) is 34.6 Å². The Labute approximate surface area is 144 Å². The highest BCUT2D eigenvalue weighted by atomic mass is 19.3. The maximum Gasteiger partial charge on any atom is 0.387 e. The lowest BCUT2D eigenvalue weighted by Gasteiger charge is -2.38. The molecule has 0 saturated carbocycles. The molecule has 0 bridgehead atoms. The van der Waals surface area contributed by atoms with E-state index in [-0.39, 0.29) is 11.9 Å². The minimum absolute atomic E-state index is 0.0454. The topological polar surface area (TPSA) is 58.4 Å². The number of methoxy groups -OCH3 is 1. The summed E-state index contributed by atoms with van der Waals surface area (Å²) in [6.45, 7) is 0.623. The van der Waals surface area contributed by atoms with E-state index in [0.717, 1.165) is 13.0 Å². The number of piperidine rings is 1. The van der Waals surface area contributed by atoms with Crippen LogP contribution in [-0.4, -0.2) is 37.9 Å². The van der Waals surface area contributed by atoms with Crippen molar-refractivity contribution >= 4 is 16.6 Å². The Kier molecular flexibility index (Phi) is 5.00. The van der Waals surface area contributed by atoms with Gasteiger partial charge in [0, 0.05) is 31.8 Å². The van der Waals surface area contributed by atoms with Gasteiger partial charge in [-0.15, -0.1) is 0 Å². The molecule has 3 rings (SSSR count). The van der Waals surface area contributed by atoms with Crippen molar-refractivity contribution in [2.75, 3.05) is 25.1 Å². The molecule has 1 aliphatic heterocycles. The van der Waals surface area contributed by atoms with E-state index in [1.54, 1.807) is 13.2 Å². The van der Waals surface area contributed by atoms with Crippen LogP contribution < -0.4 is 9.64 Å². The third-order valence-electron chi connectivity index (χ3n) is 4.66. The molecule has 25 heavy (non-hydrogen) atoms. The largest absolute Gasteiger partial charge is 0.435 e. The number of ether oxygens (including phenoxy) is 2. The molecule has 0 spiro atoms. The van der Waals surface area contributed by atoms with Crippen molar-refractivity contribution in [3.05, 3.63) is 30.0 Å². The SMILES string of the molecule is COC1CN(c2c(C#N)cnc3ccc(OC(F)F)cc23)CCC1C. The Bertz CT molecular complexity index is 807. The maximum atomic E-state index is 12.5. The van der Waals surface area contributed by atoms with E-state index < -0.39 is 6.61 Å². The average Bonchev–Trinajstić information content (AvgIpc) is 2.60. The summed E-state index contributed by atoms with van der Waals surface area (Å²) in [7, 11) is 1.68. The minimum atomic E-state index is -2.90. The number of nitrogens with zero attached hydrogens (tertiary/aromatic N) is 3. The number of nitriles is 1. The number of hydrogen-bond donors (Lipinski definition) is 0. The lowest BCUT2D eigenvalue weighted by molar-refractivity contribution is -0.0497. The third-order valence-corrected chi connectivity index (χ3v) is 4.66. The van der Waals surface area contributed by atoms with Crippen LogP contribution in [0.5, 0.6) is 5.75 Å². The summed E-state index contributed by atoms with van der Waals surface area (Å²) in [6, 6.07) is 6.75. The van der Waals surface area contributed by atoms with Crippen molar-refractivity contribution in [3.8, 4) is 11.8 Å². The molecule has 1 saturated heterocycles. The van der Waals surface area contributed by atoms with Gasteiger partial charge >= 0.3 is 6.61 Å². The summed E-state index contributed by atoms with van der Waals surface area (Å²) in [4.78, 5) is 6.33. The molecule has 132 valence electrons. The molecule has 1 fully saturated rings. The lowest BCUT2D eigenvalue weighted by atomic mass is 9.94. The predicted molar refractivity (Wildman–Crippen MR) is 89.9 cm³/mol. The van der Waals surface area contributed by atoms with Crippen LogP contribution >= 0.6 is 0 Å². The quantitative estimate of drug-likeness (QED) is 0.846. The number of anilines is 1. The first-order valence-electron chi connectivity index (χ1n) is 8.09. The fraction of sp³-hybridized carbons (Fsp3) is 0.444. The van der Waals surface area contributed by atoms with Gasteiger partial charge in [0.1, 0.15) is 11.8 Å². The van der Waals surface area contributed by atoms with E-state index >= 15 is 0 Å². The van der Waals surface area contributed by atoms with Gasteiger partial charge in [-0.2, -0.15) is 14.0 Å². The van der Waals surface area contributed by atoms with Crippen molar-refractivity contribution < 1.29 is 18.3 Å². The summed E-state index contributed by atoms with van der Waals surface area (Å²) >= 11 is 0. The molecule has 0 aliphatic carbocycles. The fourth-order valence-corrected chi connectivity index (χ4v) is 3.30. The van der Waals surface area contributed by atoms with Gasteiger partial charge in [-0.1, -0.05) is 6.92 Å². The summed E-state index contributed by atoms with van der Waals surface area (Å²) in [5.74, 6) is 0.465. The van der Waals surface area contributed by atoms with Crippen LogP contribution in [-0.2, 0) is 4.74 Å². The van der Waals surface area contributed by atoms with Crippen LogP contribution in [0, 0.1) is 17.2 Å². The molecule has 7 heteroatoms. The molecule has 0 radical (unpaired) electrons. The third kappa shape index (κ3) is 3.49. The van der Waals surface area contributed by atoms with Crippen molar-refractivity contribution in [3.63, 3.8) is 0 Å². The Hall–Kier alpha value is -2.46. The van der Waals surface area contributed by atoms with Crippen molar-refractivity contribution in [1.29, 1.82) is 5.26 Å². The molecular formula is C18H19F2N3O2. The number of alkyl halides is 2. The van der Waals surface area contributed by atoms with Crippen molar-refractivity contribution in [2.24, 2.45) is 5.92 Å². The van der Waals surface area contributed by atoms with Crippen LogP contribution in [0.25, 0.3) is 10.9 Å². The maximum absolute atomic E-state index is 12.5. The van der Waals surface area contributed by atoms with Crippen molar-refractivity contribution in [2.45, 2.75) is 26.1 Å². The second-order valence-electron chi connectivity index (χ2n) is 6.18. The number of rotatable bonds is 4.